The van der Waals surface area contributed by atoms with Crippen LogP contribution in [0.15, 0.2) is 36.4 Å². The molecule has 4 heteroatoms. The van der Waals surface area contributed by atoms with Crippen LogP contribution in [0.1, 0.15) is 5.56 Å². The van der Waals surface area contributed by atoms with Crippen LogP contribution in [-0.2, 0) is 6.54 Å². The summed E-state index contributed by atoms with van der Waals surface area (Å²) in [6, 6.07) is 11.8. The second-order valence-electron chi connectivity index (χ2n) is 4.62. The van der Waals surface area contributed by atoms with Crippen LogP contribution in [-0.4, -0.2) is 28.4 Å². The molecule has 0 unspecified atom stereocenters. The second kappa shape index (κ2) is 6.99. The summed E-state index contributed by atoms with van der Waals surface area (Å²) in [7, 11) is 6.93. The van der Waals surface area contributed by atoms with Crippen molar-refractivity contribution in [2.75, 3.05) is 28.4 Å². The lowest BCUT2D eigenvalue weighted by Gasteiger charge is -2.15. The lowest BCUT2D eigenvalue weighted by molar-refractivity contribution is 0.404. The summed E-state index contributed by atoms with van der Waals surface area (Å²) >= 11 is 0. The van der Waals surface area contributed by atoms with Crippen LogP contribution in [0.2, 0.25) is 0 Å². The number of hydrogen-bond acceptors (Lipinski definition) is 4. The largest absolute Gasteiger partial charge is 0.497 e. The molecule has 0 amide bonds. The van der Waals surface area contributed by atoms with Crippen molar-refractivity contribution < 1.29 is 14.2 Å². The van der Waals surface area contributed by atoms with Gasteiger partial charge in [-0.05, 0) is 48.5 Å². The van der Waals surface area contributed by atoms with Gasteiger partial charge in [0.05, 0.1) is 21.3 Å². The van der Waals surface area contributed by atoms with E-state index in [9.17, 15) is 0 Å². The molecular formula is C17H21NO3. The smallest absolute Gasteiger partial charge is 0.126 e. The molecule has 0 spiro atoms. The average Bonchev–Trinajstić information content (AvgIpc) is 2.54. The van der Waals surface area contributed by atoms with Gasteiger partial charge in [-0.3, -0.25) is 0 Å². The van der Waals surface area contributed by atoms with Crippen LogP contribution in [0, 0.1) is 0 Å². The zero-order valence-electron chi connectivity index (χ0n) is 12.9. The standard InChI is InChI=1S/C17H21NO3/c1-18-11-12-9-13(19-2)5-7-15(12)16-10-14(20-3)6-8-17(16)21-4/h5-10,18H,11H2,1-4H3. The third-order valence-electron chi connectivity index (χ3n) is 3.38. The molecule has 2 aromatic rings. The highest BCUT2D eigenvalue weighted by Gasteiger charge is 2.12. The highest BCUT2D eigenvalue weighted by molar-refractivity contribution is 5.75. The van der Waals surface area contributed by atoms with Crippen molar-refractivity contribution >= 4 is 0 Å². The van der Waals surface area contributed by atoms with Crippen LogP contribution in [0.25, 0.3) is 11.1 Å². The second-order valence-corrected chi connectivity index (χ2v) is 4.62. The molecule has 112 valence electrons. The van der Waals surface area contributed by atoms with Gasteiger partial charge in [0.2, 0.25) is 0 Å². The third-order valence-corrected chi connectivity index (χ3v) is 3.38. The first kappa shape index (κ1) is 15.2. The Morgan fingerprint density at radius 2 is 1.48 bits per heavy atom. The van der Waals surface area contributed by atoms with Crippen LogP contribution < -0.4 is 19.5 Å². The van der Waals surface area contributed by atoms with E-state index in [4.69, 9.17) is 14.2 Å². The predicted octanol–water partition coefficient (Wildman–Crippen LogP) is 3.10. The van der Waals surface area contributed by atoms with Gasteiger partial charge in [-0.25, -0.2) is 0 Å². The maximum Gasteiger partial charge on any atom is 0.126 e. The van der Waals surface area contributed by atoms with Crippen molar-refractivity contribution in [3.05, 3.63) is 42.0 Å². The molecule has 21 heavy (non-hydrogen) atoms. The van der Waals surface area contributed by atoms with Gasteiger partial charge in [0.15, 0.2) is 0 Å². The van der Waals surface area contributed by atoms with Crippen LogP contribution >= 0.6 is 0 Å². The van der Waals surface area contributed by atoms with Crippen molar-refractivity contribution in [3.8, 4) is 28.4 Å². The zero-order valence-corrected chi connectivity index (χ0v) is 12.9. The van der Waals surface area contributed by atoms with E-state index in [1.165, 1.54) is 0 Å². The molecule has 0 aromatic heterocycles. The molecule has 1 N–H and O–H groups in total. The first-order chi connectivity index (χ1) is 10.2. The van der Waals surface area contributed by atoms with E-state index in [1.54, 1.807) is 21.3 Å². The fourth-order valence-corrected chi connectivity index (χ4v) is 2.32. The fraction of sp³-hybridized carbons (Fsp3) is 0.294. The summed E-state index contributed by atoms with van der Waals surface area (Å²) in [6.45, 7) is 0.743. The summed E-state index contributed by atoms with van der Waals surface area (Å²) in [4.78, 5) is 0. The van der Waals surface area contributed by atoms with Gasteiger partial charge in [-0.1, -0.05) is 6.07 Å². The minimum absolute atomic E-state index is 0.743. The lowest BCUT2D eigenvalue weighted by Crippen LogP contribution is -2.07. The van der Waals surface area contributed by atoms with Gasteiger partial charge < -0.3 is 19.5 Å². The lowest BCUT2D eigenvalue weighted by atomic mass is 9.98. The van der Waals surface area contributed by atoms with Crippen LogP contribution in [0.5, 0.6) is 17.2 Å². The highest BCUT2D eigenvalue weighted by atomic mass is 16.5. The summed E-state index contributed by atoms with van der Waals surface area (Å²) in [5, 5.41) is 3.18. The first-order valence-electron chi connectivity index (χ1n) is 6.77. The topological polar surface area (TPSA) is 39.7 Å². The van der Waals surface area contributed by atoms with Crippen LogP contribution in [0.3, 0.4) is 0 Å². The van der Waals surface area contributed by atoms with Crippen molar-refractivity contribution in [1.82, 2.24) is 5.32 Å². The molecule has 0 aliphatic heterocycles. The molecule has 0 aliphatic rings. The monoisotopic (exact) mass is 287 g/mol. The van der Waals surface area contributed by atoms with Crippen LogP contribution in [0.4, 0.5) is 0 Å². The molecule has 0 aliphatic carbocycles. The molecule has 0 heterocycles. The Labute approximate surface area is 125 Å². The number of nitrogens with one attached hydrogen (secondary N) is 1. The summed E-state index contributed by atoms with van der Waals surface area (Å²) in [6.07, 6.45) is 0. The Kier molecular flexibility index (Phi) is 5.06. The van der Waals surface area contributed by atoms with Crippen molar-refractivity contribution in [3.63, 3.8) is 0 Å². The van der Waals surface area contributed by atoms with Gasteiger partial charge in [0.25, 0.3) is 0 Å². The van der Waals surface area contributed by atoms with E-state index in [0.29, 0.717) is 0 Å². The van der Waals surface area contributed by atoms with Gasteiger partial charge in [0, 0.05) is 12.1 Å². The first-order valence-corrected chi connectivity index (χ1v) is 6.77. The summed E-state index contributed by atoms with van der Waals surface area (Å²) in [5.41, 5.74) is 3.24. The molecule has 0 atom stereocenters. The number of ether oxygens (including phenoxy) is 3. The van der Waals surface area contributed by atoms with Crippen molar-refractivity contribution in [1.29, 1.82) is 0 Å². The SMILES string of the molecule is CNCc1cc(OC)ccc1-c1cc(OC)ccc1OC. The highest BCUT2D eigenvalue weighted by Crippen LogP contribution is 2.36. The van der Waals surface area contributed by atoms with Gasteiger partial charge >= 0.3 is 0 Å². The normalized spacial score (nSPS) is 10.3. The molecular weight excluding hydrogens is 266 g/mol. The van der Waals surface area contributed by atoms with E-state index >= 15 is 0 Å². The predicted molar refractivity (Wildman–Crippen MR) is 84.3 cm³/mol. The Hall–Kier alpha value is -2.20. The minimum atomic E-state index is 0.743. The fourth-order valence-electron chi connectivity index (χ4n) is 2.32. The van der Waals surface area contributed by atoms with Gasteiger partial charge in [0.1, 0.15) is 17.2 Å². The molecule has 0 saturated heterocycles. The third kappa shape index (κ3) is 3.28. The van der Waals surface area contributed by atoms with E-state index in [1.807, 2.05) is 43.4 Å². The number of rotatable bonds is 6. The summed E-state index contributed by atoms with van der Waals surface area (Å²) < 4.78 is 16.1. The minimum Gasteiger partial charge on any atom is -0.497 e. The molecule has 0 bridgehead atoms. The van der Waals surface area contributed by atoms with Gasteiger partial charge in [-0.15, -0.1) is 0 Å². The molecule has 4 nitrogen and oxygen atoms in total. The Bertz CT molecular complexity index is 611. The van der Waals surface area contributed by atoms with Gasteiger partial charge in [-0.2, -0.15) is 0 Å². The van der Waals surface area contributed by atoms with Crippen molar-refractivity contribution in [2.45, 2.75) is 6.54 Å². The van der Waals surface area contributed by atoms with E-state index < -0.39 is 0 Å². The maximum absolute atomic E-state index is 5.48. The number of hydrogen-bond donors (Lipinski definition) is 1. The number of methoxy groups -OCH3 is 3. The van der Waals surface area contributed by atoms with Crippen molar-refractivity contribution in [2.24, 2.45) is 0 Å². The Balaban J connectivity index is 2.59. The summed E-state index contributed by atoms with van der Waals surface area (Å²) in [5.74, 6) is 2.46. The Morgan fingerprint density at radius 3 is 2.10 bits per heavy atom. The maximum atomic E-state index is 5.48. The van der Waals surface area contributed by atoms with E-state index in [-0.39, 0.29) is 0 Å². The van der Waals surface area contributed by atoms with E-state index in [2.05, 4.69) is 5.32 Å². The van der Waals surface area contributed by atoms with E-state index in [0.717, 1.165) is 40.5 Å². The molecule has 0 radical (unpaired) electrons. The molecule has 2 rings (SSSR count). The zero-order chi connectivity index (χ0) is 15.2. The molecule has 0 saturated carbocycles. The Morgan fingerprint density at radius 1 is 0.810 bits per heavy atom. The number of benzene rings is 2. The molecule has 2 aromatic carbocycles. The quantitative estimate of drug-likeness (QED) is 0.886. The average molecular weight is 287 g/mol. The molecule has 0 fully saturated rings.